The van der Waals surface area contributed by atoms with Crippen molar-refractivity contribution in [2.45, 2.75) is 20.4 Å². The molecule has 1 aromatic carbocycles. The predicted molar refractivity (Wildman–Crippen MR) is 85.0 cm³/mol. The summed E-state index contributed by atoms with van der Waals surface area (Å²) in [4.78, 5) is 4.26. The van der Waals surface area contributed by atoms with E-state index in [1.807, 2.05) is 12.1 Å². The van der Waals surface area contributed by atoms with Gasteiger partial charge < -0.3 is 10.1 Å². The van der Waals surface area contributed by atoms with Gasteiger partial charge in [0.05, 0.1) is 4.47 Å². The van der Waals surface area contributed by atoms with Crippen LogP contribution in [0.15, 0.2) is 41.0 Å². The third kappa shape index (κ3) is 5.10. The number of nitrogens with zero attached hydrogens (tertiary/aromatic N) is 1. The molecule has 112 valence electrons. The maximum Gasteiger partial charge on any atom is 0.219 e. The Labute approximate surface area is 132 Å². The summed E-state index contributed by atoms with van der Waals surface area (Å²) in [6.07, 6.45) is 1.78. The zero-order chi connectivity index (χ0) is 15.2. The van der Waals surface area contributed by atoms with Crippen LogP contribution in [0.4, 0.5) is 4.39 Å². The fourth-order valence-corrected chi connectivity index (χ4v) is 2.18. The first-order valence-electron chi connectivity index (χ1n) is 6.83. The molecule has 0 unspecified atom stereocenters. The first-order chi connectivity index (χ1) is 10.0. The Morgan fingerprint density at radius 2 is 2.10 bits per heavy atom. The Kier molecular flexibility index (Phi) is 5.70. The first kappa shape index (κ1) is 15.9. The molecule has 0 aliphatic heterocycles. The summed E-state index contributed by atoms with van der Waals surface area (Å²) < 4.78 is 19.2. The van der Waals surface area contributed by atoms with Crippen molar-refractivity contribution in [2.24, 2.45) is 5.92 Å². The standard InChI is InChI=1S/C16H18BrFN2O/c1-11(2)8-19-9-12-3-6-16(20-10-12)21-15-5-4-13(18)7-14(15)17/h3-7,10-11,19H,8-9H2,1-2H3. The number of hydrogen-bond acceptors (Lipinski definition) is 3. The highest BCUT2D eigenvalue weighted by atomic mass is 79.9. The lowest BCUT2D eigenvalue weighted by atomic mass is 10.2. The van der Waals surface area contributed by atoms with Crippen LogP contribution in [0.3, 0.4) is 0 Å². The zero-order valence-electron chi connectivity index (χ0n) is 12.1. The molecule has 0 amide bonds. The third-order valence-corrected chi connectivity index (χ3v) is 3.41. The van der Waals surface area contributed by atoms with Gasteiger partial charge >= 0.3 is 0 Å². The molecule has 0 fully saturated rings. The Morgan fingerprint density at radius 3 is 2.71 bits per heavy atom. The van der Waals surface area contributed by atoms with Gasteiger partial charge in [-0.15, -0.1) is 0 Å². The molecule has 21 heavy (non-hydrogen) atoms. The number of pyridine rings is 1. The highest BCUT2D eigenvalue weighted by Crippen LogP contribution is 2.29. The van der Waals surface area contributed by atoms with Gasteiger partial charge in [0, 0.05) is 18.8 Å². The molecule has 3 nitrogen and oxygen atoms in total. The average Bonchev–Trinajstić information content (AvgIpc) is 2.43. The van der Waals surface area contributed by atoms with Crippen molar-refractivity contribution in [3.63, 3.8) is 0 Å². The molecule has 1 aromatic heterocycles. The monoisotopic (exact) mass is 352 g/mol. The fourth-order valence-electron chi connectivity index (χ4n) is 1.75. The van der Waals surface area contributed by atoms with Gasteiger partial charge in [-0.2, -0.15) is 0 Å². The van der Waals surface area contributed by atoms with E-state index in [4.69, 9.17) is 4.74 Å². The Bertz CT molecular complexity index is 587. The molecule has 0 aliphatic rings. The summed E-state index contributed by atoms with van der Waals surface area (Å²) in [5.74, 6) is 1.33. The van der Waals surface area contributed by atoms with E-state index in [0.29, 0.717) is 22.0 Å². The van der Waals surface area contributed by atoms with Gasteiger partial charge in [-0.05, 0) is 52.2 Å². The lowest BCUT2D eigenvalue weighted by molar-refractivity contribution is 0.457. The number of ether oxygens (including phenoxy) is 1. The van der Waals surface area contributed by atoms with Crippen LogP contribution in [0, 0.1) is 11.7 Å². The van der Waals surface area contributed by atoms with Crippen molar-refractivity contribution in [1.29, 1.82) is 0 Å². The molecule has 2 aromatic rings. The van der Waals surface area contributed by atoms with Crippen LogP contribution < -0.4 is 10.1 Å². The molecule has 0 bridgehead atoms. The second kappa shape index (κ2) is 7.52. The molecule has 0 saturated heterocycles. The molecule has 1 N–H and O–H groups in total. The minimum absolute atomic E-state index is 0.311. The number of nitrogens with one attached hydrogen (secondary N) is 1. The highest BCUT2D eigenvalue weighted by molar-refractivity contribution is 9.10. The topological polar surface area (TPSA) is 34.1 Å². The van der Waals surface area contributed by atoms with Crippen molar-refractivity contribution >= 4 is 15.9 Å². The van der Waals surface area contributed by atoms with Gasteiger partial charge in [-0.25, -0.2) is 9.37 Å². The molecule has 0 radical (unpaired) electrons. The molecular weight excluding hydrogens is 335 g/mol. The van der Waals surface area contributed by atoms with E-state index in [9.17, 15) is 4.39 Å². The lowest BCUT2D eigenvalue weighted by Gasteiger charge is -2.09. The quantitative estimate of drug-likeness (QED) is 0.829. The second-order valence-electron chi connectivity index (χ2n) is 5.21. The fraction of sp³-hybridized carbons (Fsp3) is 0.312. The third-order valence-electron chi connectivity index (χ3n) is 2.79. The minimum Gasteiger partial charge on any atom is -0.438 e. The van der Waals surface area contributed by atoms with Crippen LogP contribution in [-0.2, 0) is 6.54 Å². The first-order valence-corrected chi connectivity index (χ1v) is 7.62. The van der Waals surface area contributed by atoms with Crippen molar-refractivity contribution in [2.75, 3.05) is 6.54 Å². The number of rotatable bonds is 6. The maximum absolute atomic E-state index is 13.0. The molecule has 5 heteroatoms. The summed E-state index contributed by atoms with van der Waals surface area (Å²) in [6, 6.07) is 8.05. The summed E-state index contributed by atoms with van der Waals surface area (Å²) in [5, 5.41) is 3.36. The Morgan fingerprint density at radius 1 is 1.29 bits per heavy atom. The van der Waals surface area contributed by atoms with E-state index in [2.05, 4.69) is 40.1 Å². The highest BCUT2D eigenvalue weighted by Gasteiger charge is 2.05. The Hall–Kier alpha value is -1.46. The van der Waals surface area contributed by atoms with E-state index in [-0.39, 0.29) is 5.82 Å². The van der Waals surface area contributed by atoms with E-state index in [0.717, 1.165) is 18.7 Å². The number of benzene rings is 1. The molecule has 0 atom stereocenters. The van der Waals surface area contributed by atoms with E-state index in [1.54, 1.807) is 12.3 Å². The van der Waals surface area contributed by atoms with Crippen LogP contribution in [0.2, 0.25) is 0 Å². The summed E-state index contributed by atoms with van der Waals surface area (Å²) in [6.45, 7) is 6.10. The predicted octanol–water partition coefficient (Wildman–Crippen LogP) is 4.52. The van der Waals surface area contributed by atoms with Gasteiger partial charge in [0.15, 0.2) is 0 Å². The number of halogens is 2. The van der Waals surface area contributed by atoms with Crippen molar-refractivity contribution in [3.05, 3.63) is 52.4 Å². The minimum atomic E-state index is -0.311. The average molecular weight is 353 g/mol. The molecule has 0 saturated carbocycles. The van der Waals surface area contributed by atoms with Crippen molar-refractivity contribution in [1.82, 2.24) is 10.3 Å². The lowest BCUT2D eigenvalue weighted by Crippen LogP contribution is -2.18. The van der Waals surface area contributed by atoms with Gasteiger partial charge in [0.1, 0.15) is 11.6 Å². The van der Waals surface area contributed by atoms with E-state index in [1.165, 1.54) is 12.1 Å². The SMILES string of the molecule is CC(C)CNCc1ccc(Oc2ccc(F)cc2Br)nc1. The zero-order valence-corrected chi connectivity index (χ0v) is 13.7. The summed E-state index contributed by atoms with van der Waals surface area (Å²) >= 11 is 3.26. The summed E-state index contributed by atoms with van der Waals surface area (Å²) in [5.41, 5.74) is 1.10. The number of aromatic nitrogens is 1. The molecule has 0 spiro atoms. The van der Waals surface area contributed by atoms with Crippen LogP contribution in [0.1, 0.15) is 19.4 Å². The largest absolute Gasteiger partial charge is 0.438 e. The second-order valence-corrected chi connectivity index (χ2v) is 6.06. The van der Waals surface area contributed by atoms with Crippen molar-refractivity contribution in [3.8, 4) is 11.6 Å². The molecule has 0 aliphatic carbocycles. The van der Waals surface area contributed by atoms with Crippen molar-refractivity contribution < 1.29 is 9.13 Å². The normalized spacial score (nSPS) is 10.9. The van der Waals surface area contributed by atoms with Crippen LogP contribution in [-0.4, -0.2) is 11.5 Å². The van der Waals surface area contributed by atoms with E-state index >= 15 is 0 Å². The van der Waals surface area contributed by atoms with Crippen LogP contribution in [0.25, 0.3) is 0 Å². The number of hydrogen-bond donors (Lipinski definition) is 1. The van der Waals surface area contributed by atoms with Gasteiger partial charge in [0.25, 0.3) is 0 Å². The van der Waals surface area contributed by atoms with E-state index < -0.39 is 0 Å². The van der Waals surface area contributed by atoms with Gasteiger partial charge in [-0.3, -0.25) is 0 Å². The molecule has 1 heterocycles. The van der Waals surface area contributed by atoms with Gasteiger partial charge in [-0.1, -0.05) is 19.9 Å². The molecular formula is C16H18BrFN2O. The maximum atomic E-state index is 13.0. The van der Waals surface area contributed by atoms with Crippen LogP contribution >= 0.6 is 15.9 Å². The Balaban J connectivity index is 1.95. The smallest absolute Gasteiger partial charge is 0.219 e. The summed E-state index contributed by atoms with van der Waals surface area (Å²) in [7, 11) is 0. The van der Waals surface area contributed by atoms with Crippen LogP contribution in [0.5, 0.6) is 11.6 Å². The van der Waals surface area contributed by atoms with Gasteiger partial charge in [0.2, 0.25) is 5.88 Å². The molecule has 2 rings (SSSR count).